The molecule has 1 aromatic heterocycles. The lowest BCUT2D eigenvalue weighted by atomic mass is 10.0. The van der Waals surface area contributed by atoms with Crippen LogP contribution in [0, 0.1) is 0 Å². The molecule has 1 aliphatic heterocycles. The number of ether oxygens (including phenoxy) is 1. The molecule has 3 rings (SSSR count). The van der Waals surface area contributed by atoms with Gasteiger partial charge in [-0.15, -0.1) is 0 Å². The lowest BCUT2D eigenvalue weighted by Gasteiger charge is -2.32. The third-order valence-corrected chi connectivity index (χ3v) is 4.03. The number of hydrogen-bond donors (Lipinski definition) is 1. The van der Waals surface area contributed by atoms with E-state index >= 15 is 0 Å². The Labute approximate surface area is 126 Å². The summed E-state index contributed by atoms with van der Waals surface area (Å²) in [5, 5.41) is 8.20. The van der Waals surface area contributed by atoms with E-state index in [0.29, 0.717) is 6.04 Å². The predicted octanol–water partition coefficient (Wildman–Crippen LogP) is 2.88. The minimum Gasteiger partial charge on any atom is -0.379 e. The van der Waals surface area contributed by atoms with Crippen molar-refractivity contribution >= 4 is 0 Å². The predicted molar refractivity (Wildman–Crippen MR) is 84.2 cm³/mol. The third kappa shape index (κ3) is 3.34. The number of nitrogens with zero attached hydrogens (tertiary/aromatic N) is 2. The maximum absolute atomic E-state index is 5.66. The molecule has 0 radical (unpaired) electrons. The number of nitrogens with one attached hydrogen (secondary N) is 1. The second-order valence-electron chi connectivity index (χ2n) is 5.57. The van der Waals surface area contributed by atoms with Crippen molar-refractivity contribution in [3.63, 3.8) is 0 Å². The van der Waals surface area contributed by atoms with Crippen molar-refractivity contribution < 1.29 is 4.74 Å². The molecular weight excluding hydrogens is 262 g/mol. The van der Waals surface area contributed by atoms with Gasteiger partial charge in [0, 0.05) is 24.4 Å². The average molecular weight is 285 g/mol. The van der Waals surface area contributed by atoms with Crippen LogP contribution >= 0.6 is 0 Å². The zero-order valence-corrected chi connectivity index (χ0v) is 12.5. The van der Waals surface area contributed by atoms with E-state index in [4.69, 9.17) is 4.74 Å². The summed E-state index contributed by atoms with van der Waals surface area (Å²) in [5.74, 6) is 0. The lowest BCUT2D eigenvalue weighted by Crippen LogP contribution is -2.44. The van der Waals surface area contributed by atoms with E-state index in [2.05, 4.69) is 52.5 Å². The van der Waals surface area contributed by atoms with Crippen molar-refractivity contribution in [2.45, 2.75) is 31.8 Å². The van der Waals surface area contributed by atoms with Crippen LogP contribution in [0.1, 0.15) is 25.8 Å². The van der Waals surface area contributed by atoms with Gasteiger partial charge in [0.25, 0.3) is 0 Å². The van der Waals surface area contributed by atoms with Crippen LogP contribution in [-0.2, 0) is 4.74 Å². The van der Waals surface area contributed by atoms with E-state index in [1.807, 2.05) is 12.3 Å². The Balaban J connectivity index is 1.77. The molecule has 1 saturated heterocycles. The third-order valence-electron chi connectivity index (χ3n) is 4.03. The molecule has 0 spiro atoms. The highest BCUT2D eigenvalue weighted by atomic mass is 16.5. The molecule has 4 heteroatoms. The quantitative estimate of drug-likeness (QED) is 0.918. The molecule has 21 heavy (non-hydrogen) atoms. The monoisotopic (exact) mass is 285 g/mol. The Morgan fingerprint density at radius 2 is 2.14 bits per heavy atom. The summed E-state index contributed by atoms with van der Waals surface area (Å²) < 4.78 is 7.73. The second kappa shape index (κ2) is 6.87. The van der Waals surface area contributed by atoms with Crippen molar-refractivity contribution in [3.8, 4) is 11.1 Å². The lowest BCUT2D eigenvalue weighted by molar-refractivity contribution is 0.0327. The van der Waals surface area contributed by atoms with Crippen LogP contribution in [0.25, 0.3) is 11.1 Å². The van der Waals surface area contributed by atoms with Gasteiger partial charge in [0.2, 0.25) is 0 Å². The van der Waals surface area contributed by atoms with Crippen LogP contribution in [0.4, 0.5) is 0 Å². The summed E-state index contributed by atoms with van der Waals surface area (Å²) in [6, 6.07) is 11.1. The van der Waals surface area contributed by atoms with Gasteiger partial charge in [-0.1, -0.05) is 37.3 Å². The highest BCUT2D eigenvalue weighted by molar-refractivity contribution is 5.61. The number of aromatic nitrogens is 2. The molecular formula is C17H23N3O. The molecule has 4 nitrogen and oxygen atoms in total. The van der Waals surface area contributed by atoms with Crippen LogP contribution in [0.5, 0.6) is 0 Å². The standard InChI is InChI=1S/C17H23N3O/c1-2-9-18-16-8-10-21-13-17(16)20-12-15(11-19-20)14-6-4-3-5-7-14/h3-7,11-12,16-18H,2,8-10,13H2,1H3. The summed E-state index contributed by atoms with van der Waals surface area (Å²) in [6.45, 7) is 4.82. The fourth-order valence-electron chi connectivity index (χ4n) is 2.85. The van der Waals surface area contributed by atoms with Gasteiger partial charge in [-0.3, -0.25) is 4.68 Å². The molecule has 112 valence electrons. The SMILES string of the molecule is CCCNC1CCOCC1n1cc(-c2ccccc2)cn1. The second-order valence-corrected chi connectivity index (χ2v) is 5.57. The van der Waals surface area contributed by atoms with Gasteiger partial charge >= 0.3 is 0 Å². The Kier molecular flexibility index (Phi) is 4.68. The number of rotatable bonds is 5. The van der Waals surface area contributed by atoms with E-state index in [0.717, 1.165) is 38.2 Å². The van der Waals surface area contributed by atoms with Gasteiger partial charge < -0.3 is 10.1 Å². The maximum atomic E-state index is 5.66. The van der Waals surface area contributed by atoms with Gasteiger partial charge in [-0.2, -0.15) is 5.10 Å². The van der Waals surface area contributed by atoms with Gasteiger partial charge in [0.1, 0.15) is 0 Å². The smallest absolute Gasteiger partial charge is 0.0906 e. The van der Waals surface area contributed by atoms with Crippen molar-refractivity contribution in [2.75, 3.05) is 19.8 Å². The van der Waals surface area contributed by atoms with E-state index in [9.17, 15) is 0 Å². The summed E-state index contributed by atoms with van der Waals surface area (Å²) >= 11 is 0. The maximum Gasteiger partial charge on any atom is 0.0906 e. The van der Waals surface area contributed by atoms with E-state index in [1.54, 1.807) is 0 Å². The Morgan fingerprint density at radius 1 is 1.29 bits per heavy atom. The Bertz CT molecular complexity index is 552. The van der Waals surface area contributed by atoms with E-state index in [-0.39, 0.29) is 6.04 Å². The first-order valence-electron chi connectivity index (χ1n) is 7.79. The zero-order valence-electron chi connectivity index (χ0n) is 12.5. The number of benzene rings is 1. The van der Waals surface area contributed by atoms with E-state index in [1.165, 1.54) is 5.56 Å². The first-order valence-corrected chi connectivity index (χ1v) is 7.79. The van der Waals surface area contributed by atoms with Gasteiger partial charge in [-0.25, -0.2) is 0 Å². The first kappa shape index (κ1) is 14.3. The molecule has 1 fully saturated rings. The van der Waals surface area contributed by atoms with Gasteiger partial charge in [0.05, 0.1) is 18.8 Å². The molecule has 0 saturated carbocycles. The molecule has 2 heterocycles. The topological polar surface area (TPSA) is 39.1 Å². The van der Waals surface area contributed by atoms with Crippen molar-refractivity contribution in [1.82, 2.24) is 15.1 Å². The molecule has 0 bridgehead atoms. The number of hydrogen-bond acceptors (Lipinski definition) is 3. The van der Waals surface area contributed by atoms with Crippen LogP contribution < -0.4 is 5.32 Å². The molecule has 1 aromatic carbocycles. The summed E-state index contributed by atoms with van der Waals surface area (Å²) in [7, 11) is 0. The highest BCUT2D eigenvalue weighted by Gasteiger charge is 2.27. The minimum atomic E-state index is 0.280. The van der Waals surface area contributed by atoms with Crippen molar-refractivity contribution in [2.24, 2.45) is 0 Å². The molecule has 2 unspecified atom stereocenters. The first-order chi connectivity index (χ1) is 10.4. The van der Waals surface area contributed by atoms with Crippen molar-refractivity contribution in [3.05, 3.63) is 42.7 Å². The molecule has 1 aliphatic rings. The van der Waals surface area contributed by atoms with Crippen LogP contribution in [0.2, 0.25) is 0 Å². The van der Waals surface area contributed by atoms with Crippen LogP contribution in [-0.4, -0.2) is 35.6 Å². The van der Waals surface area contributed by atoms with Gasteiger partial charge in [-0.05, 0) is 24.9 Å². The Morgan fingerprint density at radius 3 is 2.95 bits per heavy atom. The van der Waals surface area contributed by atoms with Crippen molar-refractivity contribution in [1.29, 1.82) is 0 Å². The summed E-state index contributed by atoms with van der Waals surface area (Å²) in [4.78, 5) is 0. The zero-order chi connectivity index (χ0) is 14.5. The summed E-state index contributed by atoms with van der Waals surface area (Å²) in [5.41, 5.74) is 2.37. The van der Waals surface area contributed by atoms with Crippen LogP contribution in [0.3, 0.4) is 0 Å². The molecule has 0 aliphatic carbocycles. The fourth-order valence-corrected chi connectivity index (χ4v) is 2.85. The Hall–Kier alpha value is -1.65. The average Bonchev–Trinajstić information content (AvgIpc) is 3.04. The summed E-state index contributed by atoms with van der Waals surface area (Å²) in [6.07, 6.45) is 6.28. The molecule has 1 N–H and O–H groups in total. The normalized spacial score (nSPS) is 22.3. The fraction of sp³-hybridized carbons (Fsp3) is 0.471. The minimum absolute atomic E-state index is 0.280. The molecule has 2 atom stereocenters. The molecule has 0 amide bonds. The van der Waals surface area contributed by atoms with Gasteiger partial charge in [0.15, 0.2) is 0 Å². The van der Waals surface area contributed by atoms with Crippen LogP contribution in [0.15, 0.2) is 42.7 Å². The highest BCUT2D eigenvalue weighted by Crippen LogP contribution is 2.24. The molecule has 2 aromatic rings. The van der Waals surface area contributed by atoms with E-state index < -0.39 is 0 Å². The largest absolute Gasteiger partial charge is 0.379 e.